The second kappa shape index (κ2) is 4.09. The molecular formula is C10H14ClNO. The summed E-state index contributed by atoms with van der Waals surface area (Å²) in [5.41, 5.74) is 3.70. The molecule has 1 atom stereocenters. The average Bonchev–Trinajstić information content (AvgIpc) is 2.49. The minimum absolute atomic E-state index is 0. The molecule has 0 bridgehead atoms. The predicted octanol–water partition coefficient (Wildman–Crippen LogP) is 1.76. The lowest BCUT2D eigenvalue weighted by Gasteiger charge is -2.06. The molecule has 1 aromatic carbocycles. The molecule has 0 saturated heterocycles. The summed E-state index contributed by atoms with van der Waals surface area (Å²) >= 11 is 0. The normalized spacial score (nSPS) is 16.2. The highest BCUT2D eigenvalue weighted by atomic mass is 35.5. The van der Waals surface area contributed by atoms with E-state index in [1.165, 1.54) is 11.1 Å². The summed E-state index contributed by atoms with van der Waals surface area (Å²) < 4.78 is 0. The summed E-state index contributed by atoms with van der Waals surface area (Å²) in [4.78, 5) is 0. The smallest absolute Gasteiger partial charge is 0.0762 e. The Labute approximate surface area is 84.4 Å². The molecule has 0 spiro atoms. The van der Waals surface area contributed by atoms with Gasteiger partial charge in [0.15, 0.2) is 0 Å². The lowest BCUT2D eigenvalue weighted by molar-refractivity contribution is 0.199. The van der Waals surface area contributed by atoms with Gasteiger partial charge in [-0.05, 0) is 23.6 Å². The first-order chi connectivity index (χ1) is 5.77. The summed E-state index contributed by atoms with van der Waals surface area (Å²) in [5.74, 6) is 0. The first-order valence-corrected chi connectivity index (χ1v) is 4.28. The van der Waals surface area contributed by atoms with E-state index in [0.717, 1.165) is 18.7 Å². The molecule has 2 rings (SSSR count). The van der Waals surface area contributed by atoms with Crippen molar-refractivity contribution in [3.05, 3.63) is 34.9 Å². The van der Waals surface area contributed by atoms with Gasteiger partial charge >= 0.3 is 0 Å². The van der Waals surface area contributed by atoms with E-state index in [2.05, 4.69) is 17.4 Å². The fourth-order valence-corrected chi connectivity index (χ4v) is 1.57. The lowest BCUT2D eigenvalue weighted by atomic mass is 10.0. The number of fused-ring (bicyclic) bond motifs is 1. The molecule has 2 nitrogen and oxygen atoms in total. The zero-order chi connectivity index (χ0) is 8.55. The zero-order valence-corrected chi connectivity index (χ0v) is 8.40. The molecule has 1 aliphatic heterocycles. The van der Waals surface area contributed by atoms with E-state index in [4.69, 9.17) is 0 Å². The quantitative estimate of drug-likeness (QED) is 0.723. The van der Waals surface area contributed by atoms with Gasteiger partial charge in [-0.25, -0.2) is 0 Å². The number of benzene rings is 1. The van der Waals surface area contributed by atoms with E-state index in [1.807, 2.05) is 6.07 Å². The van der Waals surface area contributed by atoms with E-state index in [9.17, 15) is 5.11 Å². The van der Waals surface area contributed by atoms with Crippen LogP contribution >= 0.6 is 12.4 Å². The van der Waals surface area contributed by atoms with Crippen LogP contribution in [0, 0.1) is 0 Å². The summed E-state index contributed by atoms with van der Waals surface area (Å²) in [7, 11) is 0. The summed E-state index contributed by atoms with van der Waals surface area (Å²) in [6.45, 7) is 3.70. The zero-order valence-electron chi connectivity index (χ0n) is 7.58. The van der Waals surface area contributed by atoms with Crippen molar-refractivity contribution in [1.82, 2.24) is 5.32 Å². The van der Waals surface area contributed by atoms with Crippen molar-refractivity contribution in [3.8, 4) is 0 Å². The van der Waals surface area contributed by atoms with Gasteiger partial charge in [0.05, 0.1) is 6.10 Å². The number of nitrogens with one attached hydrogen (secondary N) is 1. The molecule has 72 valence electrons. The molecule has 0 saturated carbocycles. The first-order valence-electron chi connectivity index (χ1n) is 4.28. The average molecular weight is 200 g/mol. The number of aliphatic hydroxyl groups excluding tert-OH is 1. The van der Waals surface area contributed by atoms with Crippen molar-refractivity contribution in [2.24, 2.45) is 0 Å². The van der Waals surface area contributed by atoms with Crippen LogP contribution < -0.4 is 5.32 Å². The number of hydrogen-bond donors (Lipinski definition) is 2. The van der Waals surface area contributed by atoms with Gasteiger partial charge in [-0.1, -0.05) is 18.2 Å². The van der Waals surface area contributed by atoms with Crippen molar-refractivity contribution in [1.29, 1.82) is 0 Å². The third kappa shape index (κ3) is 2.02. The van der Waals surface area contributed by atoms with Crippen LogP contribution in [-0.4, -0.2) is 5.11 Å². The molecule has 1 heterocycles. The Kier molecular flexibility index (Phi) is 3.31. The molecule has 1 aliphatic rings. The number of rotatable bonds is 1. The Morgan fingerprint density at radius 2 is 2.00 bits per heavy atom. The van der Waals surface area contributed by atoms with Crippen LogP contribution in [0.25, 0.3) is 0 Å². The second-order valence-electron chi connectivity index (χ2n) is 3.31. The van der Waals surface area contributed by atoms with E-state index >= 15 is 0 Å². The van der Waals surface area contributed by atoms with Crippen LogP contribution in [0.5, 0.6) is 0 Å². The van der Waals surface area contributed by atoms with Crippen molar-refractivity contribution >= 4 is 12.4 Å². The summed E-state index contributed by atoms with van der Waals surface area (Å²) in [6, 6.07) is 6.17. The molecule has 0 aromatic heterocycles. The van der Waals surface area contributed by atoms with Gasteiger partial charge in [-0.2, -0.15) is 0 Å². The summed E-state index contributed by atoms with van der Waals surface area (Å²) in [6.07, 6.45) is -0.351. The van der Waals surface area contributed by atoms with Gasteiger partial charge in [0.2, 0.25) is 0 Å². The molecule has 3 heteroatoms. The molecule has 0 radical (unpaired) electrons. The third-order valence-electron chi connectivity index (χ3n) is 2.34. The van der Waals surface area contributed by atoms with E-state index in [0.29, 0.717) is 0 Å². The van der Waals surface area contributed by atoms with Gasteiger partial charge in [-0.3, -0.25) is 0 Å². The Balaban J connectivity index is 0.000000845. The molecule has 0 amide bonds. The monoisotopic (exact) mass is 199 g/mol. The van der Waals surface area contributed by atoms with Crippen LogP contribution in [0.15, 0.2) is 18.2 Å². The SMILES string of the molecule is CC(O)c1ccc2c(c1)CNC2.Cl. The minimum Gasteiger partial charge on any atom is -0.389 e. The largest absolute Gasteiger partial charge is 0.389 e. The van der Waals surface area contributed by atoms with Gasteiger partial charge < -0.3 is 10.4 Å². The standard InChI is InChI=1S/C10H13NO.ClH/c1-7(12)8-2-3-9-5-11-6-10(9)4-8;/h2-4,7,11-12H,5-6H2,1H3;1H. The highest BCUT2D eigenvalue weighted by molar-refractivity contribution is 5.85. The van der Waals surface area contributed by atoms with E-state index < -0.39 is 0 Å². The molecule has 1 unspecified atom stereocenters. The fraction of sp³-hybridized carbons (Fsp3) is 0.400. The Morgan fingerprint density at radius 3 is 2.69 bits per heavy atom. The van der Waals surface area contributed by atoms with Crippen LogP contribution in [0.4, 0.5) is 0 Å². The Bertz CT molecular complexity index is 299. The van der Waals surface area contributed by atoms with Gasteiger partial charge in [-0.15, -0.1) is 12.4 Å². The van der Waals surface area contributed by atoms with E-state index in [-0.39, 0.29) is 18.5 Å². The maximum absolute atomic E-state index is 9.33. The molecule has 1 aromatic rings. The van der Waals surface area contributed by atoms with Crippen molar-refractivity contribution in [2.75, 3.05) is 0 Å². The predicted molar refractivity (Wildman–Crippen MR) is 54.9 cm³/mol. The number of hydrogen-bond acceptors (Lipinski definition) is 2. The van der Waals surface area contributed by atoms with Crippen LogP contribution in [0.2, 0.25) is 0 Å². The highest BCUT2D eigenvalue weighted by Gasteiger charge is 2.11. The van der Waals surface area contributed by atoms with Crippen molar-refractivity contribution in [2.45, 2.75) is 26.1 Å². The topological polar surface area (TPSA) is 32.3 Å². The van der Waals surface area contributed by atoms with Crippen molar-refractivity contribution < 1.29 is 5.11 Å². The van der Waals surface area contributed by atoms with Crippen LogP contribution in [0.1, 0.15) is 29.7 Å². The lowest BCUT2D eigenvalue weighted by Crippen LogP contribution is -1.99. The second-order valence-corrected chi connectivity index (χ2v) is 3.31. The number of aliphatic hydroxyl groups is 1. The Morgan fingerprint density at radius 1 is 1.31 bits per heavy atom. The van der Waals surface area contributed by atoms with Crippen molar-refractivity contribution in [3.63, 3.8) is 0 Å². The molecule has 0 fully saturated rings. The maximum atomic E-state index is 9.33. The Hall–Kier alpha value is -0.570. The van der Waals surface area contributed by atoms with E-state index in [1.54, 1.807) is 6.92 Å². The molecular weight excluding hydrogens is 186 g/mol. The minimum atomic E-state index is -0.351. The molecule has 13 heavy (non-hydrogen) atoms. The highest BCUT2D eigenvalue weighted by Crippen LogP contribution is 2.20. The first kappa shape index (κ1) is 10.5. The van der Waals surface area contributed by atoms with Gasteiger partial charge in [0.1, 0.15) is 0 Å². The van der Waals surface area contributed by atoms with Gasteiger partial charge in [0, 0.05) is 13.1 Å². The molecule has 0 aliphatic carbocycles. The molecule has 2 N–H and O–H groups in total. The van der Waals surface area contributed by atoms with Gasteiger partial charge in [0.25, 0.3) is 0 Å². The van der Waals surface area contributed by atoms with Crippen LogP contribution in [0.3, 0.4) is 0 Å². The third-order valence-corrected chi connectivity index (χ3v) is 2.34. The summed E-state index contributed by atoms with van der Waals surface area (Å²) in [5, 5.41) is 12.6. The van der Waals surface area contributed by atoms with Crippen LogP contribution in [-0.2, 0) is 13.1 Å². The number of halogens is 1. The maximum Gasteiger partial charge on any atom is 0.0762 e. The fourth-order valence-electron chi connectivity index (χ4n) is 1.57.